The molecule has 2 amide bonds. The summed E-state index contributed by atoms with van der Waals surface area (Å²) in [6.45, 7) is 10.6. The molecule has 0 radical (unpaired) electrons. The van der Waals surface area contributed by atoms with Crippen molar-refractivity contribution < 1.29 is 14.3 Å². The number of nitrogen functional groups attached to an aromatic ring is 1. The Hall–Kier alpha value is -4.54. The van der Waals surface area contributed by atoms with Gasteiger partial charge in [0.15, 0.2) is 0 Å². The summed E-state index contributed by atoms with van der Waals surface area (Å²) in [5, 5.41) is 15.0. The van der Waals surface area contributed by atoms with Crippen LogP contribution in [-0.4, -0.2) is 62.3 Å². The van der Waals surface area contributed by atoms with E-state index in [1.165, 1.54) is 6.33 Å². The number of aromatic nitrogens is 3. The van der Waals surface area contributed by atoms with Crippen LogP contribution in [-0.2, 0) is 4.74 Å². The van der Waals surface area contributed by atoms with Crippen molar-refractivity contribution in [2.45, 2.75) is 58.6 Å². The Morgan fingerprint density at radius 3 is 2.48 bits per heavy atom. The van der Waals surface area contributed by atoms with E-state index in [2.05, 4.69) is 39.4 Å². The number of likely N-dealkylation sites (tertiary alicyclic amines) is 1. The molecule has 0 saturated carbocycles. The van der Waals surface area contributed by atoms with E-state index in [9.17, 15) is 9.59 Å². The number of ether oxygens (including phenoxy) is 1. The summed E-state index contributed by atoms with van der Waals surface area (Å²) in [6, 6.07) is 10.4. The van der Waals surface area contributed by atoms with Crippen LogP contribution in [0, 0.1) is 5.41 Å². The Morgan fingerprint density at radius 1 is 1.10 bits per heavy atom. The number of anilines is 3. The molecule has 1 fully saturated rings. The monoisotopic (exact) mass is 544 g/mol. The number of carbonyl (C=O) groups excluding carboxylic acids is 2. The third-order valence-corrected chi connectivity index (χ3v) is 6.44. The van der Waals surface area contributed by atoms with Gasteiger partial charge in [0.25, 0.3) is 5.91 Å². The molecule has 1 aliphatic heterocycles. The summed E-state index contributed by atoms with van der Waals surface area (Å²) in [6.07, 6.45) is 3.34. The fourth-order valence-electron chi connectivity index (χ4n) is 4.31. The lowest BCUT2D eigenvalue weighted by atomic mass is 10.0. The van der Waals surface area contributed by atoms with Crippen molar-refractivity contribution in [3.8, 4) is 0 Å². The van der Waals surface area contributed by atoms with Crippen LogP contribution in [0.1, 0.15) is 74.0 Å². The van der Waals surface area contributed by atoms with E-state index >= 15 is 0 Å². The van der Waals surface area contributed by atoms with Gasteiger partial charge in [0.05, 0.1) is 11.3 Å². The molecule has 3 heterocycles. The topological polar surface area (TPSA) is 159 Å². The van der Waals surface area contributed by atoms with Gasteiger partial charge < -0.3 is 26.0 Å². The number of nitrogens with one attached hydrogen (secondary N) is 3. The van der Waals surface area contributed by atoms with Crippen LogP contribution in [0.4, 0.5) is 22.2 Å². The van der Waals surface area contributed by atoms with Crippen LogP contribution in [0.25, 0.3) is 0 Å². The molecule has 3 aromatic rings. The first kappa shape index (κ1) is 28.5. The van der Waals surface area contributed by atoms with E-state index in [0.717, 1.165) is 5.56 Å². The number of amides is 2. The van der Waals surface area contributed by atoms with E-state index in [-0.39, 0.29) is 29.6 Å². The fraction of sp³-hybridized carbons (Fsp3) is 0.379. The van der Waals surface area contributed by atoms with Gasteiger partial charge in [-0.15, -0.1) is 0 Å². The number of carbonyl (C=O) groups is 2. The van der Waals surface area contributed by atoms with E-state index in [4.69, 9.17) is 15.9 Å². The van der Waals surface area contributed by atoms with Crippen LogP contribution in [0.15, 0.2) is 48.9 Å². The van der Waals surface area contributed by atoms with Gasteiger partial charge in [0, 0.05) is 36.5 Å². The smallest absolute Gasteiger partial charge is 0.410 e. The Kier molecular flexibility index (Phi) is 8.32. The minimum absolute atomic E-state index is 0.0951. The zero-order valence-electron chi connectivity index (χ0n) is 23.5. The average Bonchev–Trinajstić information content (AvgIpc) is 3.36. The second kappa shape index (κ2) is 11.7. The lowest BCUT2D eigenvalue weighted by Gasteiger charge is -2.24. The Labute approximate surface area is 234 Å². The van der Waals surface area contributed by atoms with Gasteiger partial charge in [-0.2, -0.15) is 0 Å². The van der Waals surface area contributed by atoms with Gasteiger partial charge in [-0.3, -0.25) is 10.2 Å². The Morgan fingerprint density at radius 2 is 1.80 bits per heavy atom. The molecule has 0 aliphatic carbocycles. The van der Waals surface area contributed by atoms with Gasteiger partial charge in [-0.25, -0.2) is 19.7 Å². The van der Waals surface area contributed by atoms with Crippen molar-refractivity contribution >= 4 is 35.2 Å². The molecule has 1 aromatic carbocycles. The van der Waals surface area contributed by atoms with Gasteiger partial charge in [-0.1, -0.05) is 26.0 Å². The molecule has 2 aromatic heterocycles. The molecule has 11 nitrogen and oxygen atoms in total. The summed E-state index contributed by atoms with van der Waals surface area (Å²) >= 11 is 0. The number of hydrogen-bond donors (Lipinski definition) is 4. The van der Waals surface area contributed by atoms with Crippen molar-refractivity contribution in [3.63, 3.8) is 0 Å². The molecule has 1 saturated heterocycles. The summed E-state index contributed by atoms with van der Waals surface area (Å²) in [7, 11) is 0. The molecule has 1 unspecified atom stereocenters. The number of benzene rings is 1. The lowest BCUT2D eigenvalue weighted by Crippen LogP contribution is -2.36. The van der Waals surface area contributed by atoms with Crippen LogP contribution >= 0.6 is 0 Å². The third-order valence-electron chi connectivity index (χ3n) is 6.44. The molecule has 0 spiro atoms. The molecular weight excluding hydrogens is 508 g/mol. The second-order valence-electron chi connectivity index (χ2n) is 11.1. The number of rotatable bonds is 7. The number of nitrogens with zero attached hydrogens (tertiary/aromatic N) is 4. The third kappa shape index (κ3) is 6.90. The van der Waals surface area contributed by atoms with Crippen LogP contribution in [0.3, 0.4) is 0 Å². The first-order valence-electron chi connectivity index (χ1n) is 13.2. The molecular formula is C29H36N8O3. The lowest BCUT2D eigenvalue weighted by molar-refractivity contribution is 0.0293. The number of pyridine rings is 1. The van der Waals surface area contributed by atoms with Gasteiger partial charge in [0.2, 0.25) is 0 Å². The fourth-order valence-corrected chi connectivity index (χ4v) is 4.31. The number of hydrogen-bond acceptors (Lipinski definition) is 9. The Bertz CT molecular complexity index is 1400. The molecule has 5 N–H and O–H groups in total. The van der Waals surface area contributed by atoms with Crippen LogP contribution in [0.5, 0.6) is 0 Å². The predicted octanol–water partition coefficient (Wildman–Crippen LogP) is 4.67. The van der Waals surface area contributed by atoms with Crippen molar-refractivity contribution in [1.29, 1.82) is 5.41 Å². The van der Waals surface area contributed by atoms with Crippen molar-refractivity contribution in [3.05, 3.63) is 71.2 Å². The van der Waals surface area contributed by atoms with E-state index in [0.29, 0.717) is 53.8 Å². The first-order valence-corrected chi connectivity index (χ1v) is 13.2. The van der Waals surface area contributed by atoms with Gasteiger partial charge >= 0.3 is 6.09 Å². The highest BCUT2D eigenvalue weighted by Gasteiger charge is 2.31. The van der Waals surface area contributed by atoms with Crippen molar-refractivity contribution in [2.24, 2.45) is 0 Å². The predicted molar refractivity (Wildman–Crippen MR) is 155 cm³/mol. The summed E-state index contributed by atoms with van der Waals surface area (Å²) in [5.41, 5.74) is 8.13. The van der Waals surface area contributed by atoms with Gasteiger partial charge in [-0.05, 0) is 62.9 Å². The summed E-state index contributed by atoms with van der Waals surface area (Å²) < 4.78 is 5.48. The van der Waals surface area contributed by atoms with Crippen LogP contribution in [0.2, 0.25) is 0 Å². The second-order valence-corrected chi connectivity index (χ2v) is 11.1. The average molecular weight is 545 g/mol. The molecule has 210 valence electrons. The highest BCUT2D eigenvalue weighted by atomic mass is 16.6. The minimum atomic E-state index is -0.572. The maximum atomic E-state index is 12.8. The highest BCUT2D eigenvalue weighted by molar-refractivity contribution is 6.16. The summed E-state index contributed by atoms with van der Waals surface area (Å²) in [5.74, 6) is 1.06. The quantitative estimate of drug-likeness (QED) is 0.312. The molecule has 11 heteroatoms. The van der Waals surface area contributed by atoms with E-state index in [1.807, 2.05) is 32.9 Å². The SMILES string of the molecule is CC(C)c1ccnc(NC(=O)c2ccc(C(=N)c3c(N)ncnc3NC3CCN(C(=O)OC(C)(C)C)C3)cc2)c1. The Balaban J connectivity index is 1.45. The largest absolute Gasteiger partial charge is 0.444 e. The summed E-state index contributed by atoms with van der Waals surface area (Å²) in [4.78, 5) is 39.6. The molecule has 1 aliphatic rings. The van der Waals surface area contributed by atoms with Crippen LogP contribution < -0.4 is 16.4 Å². The standard InChI is InChI=1S/C29H36N8O3/c1-17(2)20-10-12-32-22(14-20)36-27(38)19-8-6-18(7-9-19)24(30)23-25(31)33-16-34-26(23)35-21-11-13-37(15-21)28(39)40-29(3,4)5/h6-10,12,14,16-17,21,30H,11,13,15H2,1-5H3,(H,32,36,38)(H3,31,33,34,35). The first-order chi connectivity index (χ1) is 18.9. The van der Waals surface area contributed by atoms with Crippen molar-refractivity contribution in [2.75, 3.05) is 29.5 Å². The van der Waals surface area contributed by atoms with E-state index in [1.54, 1.807) is 35.4 Å². The minimum Gasteiger partial charge on any atom is -0.444 e. The molecule has 0 bridgehead atoms. The molecule has 40 heavy (non-hydrogen) atoms. The highest BCUT2D eigenvalue weighted by Crippen LogP contribution is 2.25. The maximum Gasteiger partial charge on any atom is 0.410 e. The molecule has 1 atom stereocenters. The molecule has 4 rings (SSSR count). The normalized spacial score (nSPS) is 15.2. The van der Waals surface area contributed by atoms with E-state index < -0.39 is 5.60 Å². The van der Waals surface area contributed by atoms with Gasteiger partial charge in [0.1, 0.15) is 29.4 Å². The van der Waals surface area contributed by atoms with Crippen molar-refractivity contribution in [1.82, 2.24) is 19.9 Å². The maximum absolute atomic E-state index is 12.8. The number of nitrogens with two attached hydrogens (primary N) is 1. The zero-order valence-corrected chi connectivity index (χ0v) is 23.5. The zero-order chi connectivity index (χ0) is 29.0.